The first-order valence-corrected chi connectivity index (χ1v) is 11.2. The van der Waals surface area contributed by atoms with Gasteiger partial charge in [-0.2, -0.15) is 5.10 Å². The van der Waals surface area contributed by atoms with E-state index in [2.05, 4.69) is 26.0 Å². The molecule has 0 unspecified atom stereocenters. The fraction of sp³-hybridized carbons (Fsp3) is 0.150. The summed E-state index contributed by atoms with van der Waals surface area (Å²) in [5.74, 6) is -0.292. The van der Waals surface area contributed by atoms with Crippen LogP contribution in [-0.2, 0) is 22.6 Å². The maximum Gasteiger partial charge on any atom is 0.247 e. The van der Waals surface area contributed by atoms with Gasteiger partial charge in [-0.25, -0.2) is 5.43 Å². The fourth-order valence-electron chi connectivity index (χ4n) is 2.33. The van der Waals surface area contributed by atoms with Crippen molar-refractivity contribution >= 4 is 69.3 Å². The molecule has 2 aromatic carbocycles. The maximum atomic E-state index is 12.0. The van der Waals surface area contributed by atoms with E-state index in [1.807, 2.05) is 6.07 Å². The number of hydrogen-bond acceptors (Lipinski definition) is 7. The number of hydrazone groups is 1. The molecular weight excluding hydrogens is 497 g/mol. The number of hydrogen-bond donors (Lipinski definition) is 2. The number of ether oxygens (including phenoxy) is 1. The van der Waals surface area contributed by atoms with E-state index in [-0.39, 0.29) is 23.3 Å². The molecule has 0 aliphatic rings. The van der Waals surface area contributed by atoms with Crippen molar-refractivity contribution in [1.29, 1.82) is 0 Å². The highest BCUT2D eigenvalue weighted by atomic mass is 35.5. The summed E-state index contributed by atoms with van der Waals surface area (Å²) in [5.41, 5.74) is 4.01. The number of nitrogens with zero attached hydrogens (tertiary/aromatic N) is 3. The average Bonchev–Trinajstić information content (AvgIpc) is 3.20. The molecule has 0 aliphatic carbocycles. The molecule has 1 aromatic heterocycles. The van der Waals surface area contributed by atoms with E-state index >= 15 is 0 Å². The number of amides is 2. The van der Waals surface area contributed by atoms with Crippen molar-refractivity contribution < 1.29 is 14.3 Å². The number of carbonyl (C=O) groups is 2. The number of benzene rings is 2. The van der Waals surface area contributed by atoms with Crippen LogP contribution < -0.4 is 15.5 Å². The van der Waals surface area contributed by atoms with Crippen molar-refractivity contribution in [3.63, 3.8) is 0 Å². The lowest BCUT2D eigenvalue weighted by atomic mass is 10.2. The van der Waals surface area contributed by atoms with Gasteiger partial charge >= 0.3 is 0 Å². The van der Waals surface area contributed by atoms with Crippen molar-refractivity contribution in [2.45, 2.75) is 13.0 Å². The Morgan fingerprint density at radius 3 is 2.59 bits per heavy atom. The molecule has 0 saturated heterocycles. The highest BCUT2D eigenvalue weighted by Gasteiger charge is 2.10. The van der Waals surface area contributed by atoms with Crippen molar-refractivity contribution in [3.8, 4) is 5.75 Å². The Labute approximate surface area is 202 Å². The second-order valence-corrected chi connectivity index (χ2v) is 8.42. The summed E-state index contributed by atoms with van der Waals surface area (Å²) in [6, 6.07) is 12.4. The molecule has 0 bridgehead atoms. The predicted molar refractivity (Wildman–Crippen MR) is 126 cm³/mol. The predicted octanol–water partition coefficient (Wildman–Crippen LogP) is 4.29. The molecule has 8 nitrogen and oxygen atoms in total. The summed E-state index contributed by atoms with van der Waals surface area (Å²) in [4.78, 5) is 23.2. The van der Waals surface area contributed by atoms with Gasteiger partial charge in [0.05, 0.1) is 12.6 Å². The van der Waals surface area contributed by atoms with E-state index in [1.54, 1.807) is 36.4 Å². The first kappa shape index (κ1) is 23.9. The highest BCUT2D eigenvalue weighted by Crippen LogP contribution is 2.23. The number of carbonyl (C=O) groups excluding carboxylic acids is 2. The van der Waals surface area contributed by atoms with Crippen LogP contribution in [0.1, 0.15) is 16.1 Å². The van der Waals surface area contributed by atoms with Crippen LogP contribution in [0.2, 0.25) is 10.0 Å². The van der Waals surface area contributed by atoms with E-state index in [0.29, 0.717) is 27.4 Å². The largest absolute Gasteiger partial charge is 0.489 e. The van der Waals surface area contributed by atoms with Crippen molar-refractivity contribution in [2.24, 2.45) is 5.10 Å². The fourth-order valence-corrected chi connectivity index (χ4v) is 3.62. The molecule has 2 N–H and O–H groups in total. The maximum absolute atomic E-state index is 12.0. The topological polar surface area (TPSA) is 106 Å². The second kappa shape index (κ2) is 11.8. The molecule has 1 heterocycles. The van der Waals surface area contributed by atoms with E-state index < -0.39 is 5.91 Å². The number of nitrogens with one attached hydrogen (secondary N) is 2. The van der Waals surface area contributed by atoms with Gasteiger partial charge in [-0.1, -0.05) is 40.6 Å². The lowest BCUT2D eigenvalue weighted by Crippen LogP contribution is -2.19. The van der Waals surface area contributed by atoms with Gasteiger partial charge in [-0.15, -0.1) is 21.8 Å². The second-order valence-electron chi connectivity index (χ2n) is 6.25. The van der Waals surface area contributed by atoms with Crippen molar-refractivity contribution in [3.05, 3.63) is 68.6 Å². The molecule has 12 heteroatoms. The van der Waals surface area contributed by atoms with Gasteiger partial charge < -0.3 is 4.74 Å². The van der Waals surface area contributed by atoms with Gasteiger partial charge in [0.2, 0.25) is 16.9 Å². The zero-order valence-corrected chi connectivity index (χ0v) is 19.4. The molecule has 3 aromatic rings. The third kappa shape index (κ3) is 7.45. The zero-order valence-electron chi connectivity index (χ0n) is 16.3. The van der Waals surface area contributed by atoms with Crippen LogP contribution in [0.15, 0.2) is 47.6 Å². The quantitative estimate of drug-likeness (QED) is 0.253. The normalized spacial score (nSPS) is 10.8. The number of alkyl halides is 1. The lowest BCUT2D eigenvalue weighted by Gasteiger charge is -2.08. The zero-order chi connectivity index (χ0) is 22.9. The minimum Gasteiger partial charge on any atom is -0.489 e. The van der Waals surface area contributed by atoms with Gasteiger partial charge in [0.1, 0.15) is 23.2 Å². The molecule has 0 fully saturated rings. The Hall–Kier alpha value is -2.72. The molecule has 166 valence electrons. The molecule has 2 amide bonds. The Bertz CT molecular complexity index is 1120. The summed E-state index contributed by atoms with van der Waals surface area (Å²) in [6.07, 6.45) is 1.48. The summed E-state index contributed by atoms with van der Waals surface area (Å²) in [6.45, 7) is 0.308. The van der Waals surface area contributed by atoms with Crippen molar-refractivity contribution in [1.82, 2.24) is 15.6 Å². The number of anilines is 1. The van der Waals surface area contributed by atoms with Gasteiger partial charge in [0.15, 0.2) is 0 Å². The van der Waals surface area contributed by atoms with Crippen molar-refractivity contribution in [2.75, 3.05) is 11.2 Å². The Balaban J connectivity index is 1.45. The van der Waals surface area contributed by atoms with Gasteiger partial charge in [0.25, 0.3) is 0 Å². The van der Waals surface area contributed by atoms with Crippen LogP contribution >= 0.6 is 46.1 Å². The van der Waals surface area contributed by atoms with Crippen LogP contribution in [0, 0.1) is 0 Å². The smallest absolute Gasteiger partial charge is 0.247 e. The third-order valence-corrected chi connectivity index (χ3v) is 5.51. The number of halogens is 3. The van der Waals surface area contributed by atoms with Crippen LogP contribution in [0.25, 0.3) is 0 Å². The lowest BCUT2D eigenvalue weighted by molar-refractivity contribution is -0.120. The Kier molecular flexibility index (Phi) is 8.81. The van der Waals surface area contributed by atoms with Crippen LogP contribution in [-0.4, -0.2) is 34.1 Å². The number of rotatable bonds is 9. The first-order valence-electron chi connectivity index (χ1n) is 9.10. The van der Waals surface area contributed by atoms with Crippen LogP contribution in [0.5, 0.6) is 5.75 Å². The minimum absolute atomic E-state index is 0.0220. The molecule has 0 aliphatic heterocycles. The van der Waals surface area contributed by atoms with Crippen LogP contribution in [0.4, 0.5) is 5.13 Å². The molecule has 0 saturated carbocycles. The standard InChI is InChI=1S/C20H16Cl3N5O3S/c21-9-18(30)25-20-28-27-19(32-20)8-17(29)26-24-10-12-1-5-15(6-2-12)31-11-13-3-4-14(22)7-16(13)23/h1-7,10H,8-9,11H2,(H,26,29)(H,25,28,30)/b24-10-. The molecule has 0 atom stereocenters. The molecule has 3 rings (SSSR count). The van der Waals surface area contributed by atoms with Gasteiger partial charge in [-0.3, -0.25) is 14.9 Å². The molecule has 32 heavy (non-hydrogen) atoms. The monoisotopic (exact) mass is 511 g/mol. The Morgan fingerprint density at radius 2 is 1.88 bits per heavy atom. The summed E-state index contributed by atoms with van der Waals surface area (Å²) in [5, 5.41) is 15.8. The molecular formula is C20H16Cl3N5O3S. The summed E-state index contributed by atoms with van der Waals surface area (Å²) >= 11 is 18.5. The molecule has 0 radical (unpaired) electrons. The van der Waals surface area contributed by atoms with E-state index in [9.17, 15) is 9.59 Å². The highest BCUT2D eigenvalue weighted by molar-refractivity contribution is 7.15. The third-order valence-electron chi connectivity index (χ3n) is 3.84. The van der Waals surface area contributed by atoms with Crippen LogP contribution in [0.3, 0.4) is 0 Å². The molecule has 0 spiro atoms. The summed E-state index contributed by atoms with van der Waals surface area (Å²) < 4.78 is 5.72. The average molecular weight is 513 g/mol. The van der Waals surface area contributed by atoms with E-state index in [1.165, 1.54) is 6.21 Å². The first-order chi connectivity index (χ1) is 15.4. The number of aromatic nitrogens is 2. The SMILES string of the molecule is O=C(Cc1nnc(NC(=O)CCl)s1)N/N=C\c1ccc(OCc2ccc(Cl)cc2Cl)cc1. The van der Waals surface area contributed by atoms with Gasteiger partial charge in [-0.05, 0) is 42.0 Å². The van der Waals surface area contributed by atoms with E-state index in [0.717, 1.165) is 22.5 Å². The Morgan fingerprint density at radius 1 is 1.09 bits per heavy atom. The van der Waals surface area contributed by atoms with E-state index in [4.69, 9.17) is 39.5 Å². The summed E-state index contributed by atoms with van der Waals surface area (Å²) in [7, 11) is 0. The van der Waals surface area contributed by atoms with Gasteiger partial charge in [0, 0.05) is 15.6 Å². The minimum atomic E-state index is -0.395.